The second-order valence-corrected chi connectivity index (χ2v) is 4.02. The zero-order valence-electron chi connectivity index (χ0n) is 7.99. The van der Waals surface area contributed by atoms with Gasteiger partial charge in [-0.15, -0.1) is 0 Å². The molecule has 0 radical (unpaired) electrons. The first-order valence-electron chi connectivity index (χ1n) is 5.04. The maximum Gasteiger partial charge on any atom is 0.302 e. The highest BCUT2D eigenvalue weighted by molar-refractivity contribution is 5.65. The van der Waals surface area contributed by atoms with Gasteiger partial charge in [-0.1, -0.05) is 0 Å². The second kappa shape index (κ2) is 3.66. The molecule has 13 heavy (non-hydrogen) atoms. The summed E-state index contributed by atoms with van der Waals surface area (Å²) in [6.45, 7) is 2.04. The summed E-state index contributed by atoms with van der Waals surface area (Å²) in [5.41, 5.74) is 0. The van der Waals surface area contributed by atoms with Gasteiger partial charge >= 0.3 is 5.97 Å². The molecule has 1 heterocycles. The fourth-order valence-corrected chi connectivity index (χ4v) is 2.12. The number of rotatable bonds is 3. The molecule has 2 aliphatic rings. The van der Waals surface area contributed by atoms with Gasteiger partial charge in [0.1, 0.15) is 0 Å². The van der Waals surface area contributed by atoms with E-state index in [1.54, 1.807) is 0 Å². The summed E-state index contributed by atoms with van der Waals surface area (Å²) in [5.74, 6) is 0.541. The summed E-state index contributed by atoms with van der Waals surface area (Å²) in [5, 5.41) is 0. The minimum absolute atomic E-state index is 0.170. The molecule has 3 atom stereocenters. The number of esters is 1. The van der Waals surface area contributed by atoms with Crippen molar-refractivity contribution >= 4 is 5.97 Å². The van der Waals surface area contributed by atoms with Crippen LogP contribution in [0.25, 0.3) is 0 Å². The van der Waals surface area contributed by atoms with Gasteiger partial charge in [0.05, 0.1) is 18.8 Å². The number of hydrogen-bond acceptors (Lipinski definition) is 3. The van der Waals surface area contributed by atoms with Crippen molar-refractivity contribution in [2.75, 3.05) is 6.61 Å². The molecule has 3 unspecified atom stereocenters. The van der Waals surface area contributed by atoms with E-state index in [2.05, 4.69) is 0 Å². The Morgan fingerprint density at radius 3 is 3.00 bits per heavy atom. The van der Waals surface area contributed by atoms with E-state index in [0.29, 0.717) is 24.7 Å². The van der Waals surface area contributed by atoms with Gasteiger partial charge in [0.15, 0.2) is 0 Å². The smallest absolute Gasteiger partial charge is 0.302 e. The third-order valence-electron chi connectivity index (χ3n) is 2.94. The number of carbonyl (C=O) groups is 1. The third kappa shape index (κ3) is 2.44. The van der Waals surface area contributed by atoms with Crippen LogP contribution in [0.5, 0.6) is 0 Å². The van der Waals surface area contributed by atoms with Crippen molar-refractivity contribution in [3.63, 3.8) is 0 Å². The molecule has 0 spiro atoms. The Kier molecular flexibility index (Phi) is 2.54. The van der Waals surface area contributed by atoms with E-state index in [4.69, 9.17) is 9.47 Å². The first kappa shape index (κ1) is 9.00. The zero-order valence-corrected chi connectivity index (χ0v) is 7.99. The third-order valence-corrected chi connectivity index (χ3v) is 2.94. The van der Waals surface area contributed by atoms with Crippen molar-refractivity contribution < 1.29 is 14.3 Å². The number of hydrogen-bond donors (Lipinski definition) is 0. The Hall–Kier alpha value is -0.570. The molecule has 2 rings (SSSR count). The highest BCUT2D eigenvalue weighted by Gasteiger charge is 2.43. The SMILES string of the molecule is CC(=O)OCCC1CCC2OC2C1. The fraction of sp³-hybridized carbons (Fsp3) is 0.900. The van der Waals surface area contributed by atoms with Gasteiger partial charge in [-0.05, 0) is 31.6 Å². The van der Waals surface area contributed by atoms with Crippen molar-refractivity contribution in [1.82, 2.24) is 0 Å². The van der Waals surface area contributed by atoms with Crippen LogP contribution in [0.1, 0.15) is 32.6 Å². The summed E-state index contributed by atoms with van der Waals surface area (Å²) in [6, 6.07) is 0. The van der Waals surface area contributed by atoms with Gasteiger partial charge < -0.3 is 9.47 Å². The summed E-state index contributed by atoms with van der Waals surface area (Å²) in [7, 11) is 0. The molecule has 0 bridgehead atoms. The van der Waals surface area contributed by atoms with Crippen LogP contribution in [0.15, 0.2) is 0 Å². The molecule has 0 N–H and O–H groups in total. The Labute approximate surface area is 78.4 Å². The molecule has 0 aromatic rings. The summed E-state index contributed by atoms with van der Waals surface area (Å²) in [6.07, 6.45) is 5.73. The quantitative estimate of drug-likeness (QED) is 0.493. The van der Waals surface area contributed by atoms with E-state index >= 15 is 0 Å². The molecule has 0 aromatic carbocycles. The summed E-state index contributed by atoms with van der Waals surface area (Å²) < 4.78 is 10.3. The lowest BCUT2D eigenvalue weighted by Crippen LogP contribution is -2.15. The van der Waals surface area contributed by atoms with Crippen LogP contribution in [0, 0.1) is 5.92 Å². The molecular formula is C10H16O3. The van der Waals surface area contributed by atoms with Crippen LogP contribution >= 0.6 is 0 Å². The lowest BCUT2D eigenvalue weighted by atomic mass is 9.87. The molecule has 2 fully saturated rings. The highest BCUT2D eigenvalue weighted by Crippen LogP contribution is 2.40. The summed E-state index contributed by atoms with van der Waals surface area (Å²) >= 11 is 0. The van der Waals surface area contributed by atoms with E-state index in [-0.39, 0.29) is 5.97 Å². The van der Waals surface area contributed by atoms with Gasteiger partial charge in [-0.25, -0.2) is 0 Å². The first-order chi connectivity index (χ1) is 6.25. The Morgan fingerprint density at radius 2 is 2.31 bits per heavy atom. The van der Waals surface area contributed by atoms with Gasteiger partial charge in [0.25, 0.3) is 0 Å². The van der Waals surface area contributed by atoms with Crippen molar-refractivity contribution in [3.05, 3.63) is 0 Å². The average molecular weight is 184 g/mol. The predicted molar refractivity (Wildman–Crippen MR) is 47.3 cm³/mol. The van der Waals surface area contributed by atoms with Crippen LogP contribution < -0.4 is 0 Å². The Morgan fingerprint density at radius 1 is 1.46 bits per heavy atom. The maximum atomic E-state index is 10.5. The monoisotopic (exact) mass is 184 g/mol. The van der Waals surface area contributed by atoms with Crippen LogP contribution in [0.2, 0.25) is 0 Å². The second-order valence-electron chi connectivity index (χ2n) is 4.02. The van der Waals surface area contributed by atoms with Gasteiger partial charge in [0.2, 0.25) is 0 Å². The van der Waals surface area contributed by atoms with Crippen LogP contribution in [0.4, 0.5) is 0 Å². The molecule has 3 heteroatoms. The lowest BCUT2D eigenvalue weighted by Gasteiger charge is -2.17. The Bertz CT molecular complexity index is 202. The predicted octanol–water partition coefficient (Wildman–Crippen LogP) is 1.51. The minimum Gasteiger partial charge on any atom is -0.466 e. The van der Waals surface area contributed by atoms with E-state index in [1.165, 1.54) is 26.2 Å². The Balaban J connectivity index is 1.61. The van der Waals surface area contributed by atoms with E-state index in [9.17, 15) is 4.79 Å². The number of carbonyl (C=O) groups excluding carboxylic acids is 1. The molecule has 74 valence electrons. The topological polar surface area (TPSA) is 38.8 Å². The van der Waals surface area contributed by atoms with Crippen molar-refractivity contribution in [2.24, 2.45) is 5.92 Å². The molecule has 1 aliphatic heterocycles. The summed E-state index contributed by atoms with van der Waals surface area (Å²) in [4.78, 5) is 10.5. The van der Waals surface area contributed by atoms with Gasteiger partial charge in [-0.3, -0.25) is 4.79 Å². The van der Waals surface area contributed by atoms with Crippen LogP contribution in [-0.4, -0.2) is 24.8 Å². The fourth-order valence-electron chi connectivity index (χ4n) is 2.12. The van der Waals surface area contributed by atoms with Gasteiger partial charge in [0, 0.05) is 6.92 Å². The minimum atomic E-state index is -0.170. The van der Waals surface area contributed by atoms with Crippen molar-refractivity contribution in [1.29, 1.82) is 0 Å². The van der Waals surface area contributed by atoms with E-state index < -0.39 is 0 Å². The largest absolute Gasteiger partial charge is 0.466 e. The van der Waals surface area contributed by atoms with Crippen LogP contribution in [0.3, 0.4) is 0 Å². The van der Waals surface area contributed by atoms with Crippen molar-refractivity contribution in [2.45, 2.75) is 44.8 Å². The normalized spacial score (nSPS) is 36.5. The molecule has 0 aromatic heterocycles. The standard InChI is InChI=1S/C10H16O3/c1-7(11)12-5-4-8-2-3-9-10(6-8)13-9/h8-10H,2-6H2,1H3. The molecule has 3 nitrogen and oxygen atoms in total. The zero-order chi connectivity index (χ0) is 9.26. The first-order valence-corrected chi connectivity index (χ1v) is 5.04. The van der Waals surface area contributed by atoms with Crippen molar-refractivity contribution in [3.8, 4) is 0 Å². The number of fused-ring (bicyclic) bond motifs is 1. The van der Waals surface area contributed by atoms with Gasteiger partial charge in [-0.2, -0.15) is 0 Å². The number of epoxide rings is 1. The molecule has 0 amide bonds. The molecule has 1 aliphatic carbocycles. The maximum absolute atomic E-state index is 10.5. The van der Waals surface area contributed by atoms with E-state index in [1.807, 2.05) is 0 Å². The lowest BCUT2D eigenvalue weighted by molar-refractivity contribution is -0.141. The highest BCUT2D eigenvalue weighted by atomic mass is 16.6. The molecule has 1 saturated heterocycles. The van der Waals surface area contributed by atoms with E-state index in [0.717, 1.165) is 6.42 Å². The van der Waals surface area contributed by atoms with Crippen LogP contribution in [-0.2, 0) is 14.3 Å². The molecular weight excluding hydrogens is 168 g/mol. The molecule has 1 saturated carbocycles. The average Bonchev–Trinajstić information content (AvgIpc) is 2.81. The number of ether oxygens (including phenoxy) is 2.